The maximum absolute atomic E-state index is 5.65. The molecule has 0 aliphatic carbocycles. The van der Waals surface area contributed by atoms with Crippen LogP contribution in [-0.4, -0.2) is 16.8 Å². The van der Waals surface area contributed by atoms with Gasteiger partial charge in [-0.25, -0.2) is 4.98 Å². The lowest BCUT2D eigenvalue weighted by atomic mass is 10.2. The molecule has 0 saturated carbocycles. The van der Waals surface area contributed by atoms with Crippen molar-refractivity contribution >= 4 is 47.9 Å². The SMILES string of the molecule is C[C@@H](N)CCCCSc1nccs1.Cl.Cl. The van der Waals surface area contributed by atoms with Crippen molar-refractivity contribution in [1.29, 1.82) is 0 Å². The van der Waals surface area contributed by atoms with Crippen molar-refractivity contribution in [2.45, 2.75) is 36.6 Å². The Labute approximate surface area is 112 Å². The highest BCUT2D eigenvalue weighted by molar-refractivity contribution is 8.00. The van der Waals surface area contributed by atoms with Crippen molar-refractivity contribution in [2.24, 2.45) is 5.73 Å². The van der Waals surface area contributed by atoms with Crippen molar-refractivity contribution in [2.75, 3.05) is 5.75 Å². The van der Waals surface area contributed by atoms with Crippen molar-refractivity contribution < 1.29 is 0 Å². The summed E-state index contributed by atoms with van der Waals surface area (Å²) >= 11 is 3.56. The third kappa shape index (κ3) is 9.45. The lowest BCUT2D eigenvalue weighted by Crippen LogP contribution is -2.13. The fraction of sp³-hybridized carbons (Fsp3) is 0.667. The largest absolute Gasteiger partial charge is 0.328 e. The lowest BCUT2D eigenvalue weighted by Gasteiger charge is -2.02. The number of thioether (sulfide) groups is 1. The van der Waals surface area contributed by atoms with E-state index in [1.165, 1.54) is 22.9 Å². The van der Waals surface area contributed by atoms with Crippen LogP contribution in [0.3, 0.4) is 0 Å². The van der Waals surface area contributed by atoms with Crippen LogP contribution in [0.15, 0.2) is 15.9 Å². The number of hydrogen-bond acceptors (Lipinski definition) is 4. The van der Waals surface area contributed by atoms with Gasteiger partial charge in [-0.15, -0.1) is 36.2 Å². The van der Waals surface area contributed by atoms with E-state index in [-0.39, 0.29) is 24.8 Å². The molecular formula is C9H18Cl2N2S2. The van der Waals surface area contributed by atoms with Gasteiger partial charge in [0.25, 0.3) is 0 Å². The van der Waals surface area contributed by atoms with Crippen molar-refractivity contribution in [1.82, 2.24) is 4.98 Å². The summed E-state index contributed by atoms with van der Waals surface area (Å²) in [6.07, 6.45) is 5.47. The zero-order chi connectivity index (χ0) is 9.52. The molecule has 15 heavy (non-hydrogen) atoms. The van der Waals surface area contributed by atoms with E-state index in [9.17, 15) is 0 Å². The fourth-order valence-electron chi connectivity index (χ4n) is 1.01. The molecule has 0 aliphatic heterocycles. The van der Waals surface area contributed by atoms with Gasteiger partial charge in [0.15, 0.2) is 0 Å². The third-order valence-corrected chi connectivity index (χ3v) is 3.74. The molecule has 1 aromatic heterocycles. The molecule has 0 bridgehead atoms. The first-order valence-corrected chi connectivity index (χ1v) is 6.43. The first-order valence-electron chi connectivity index (χ1n) is 4.57. The Hall–Kier alpha value is 0.520. The maximum atomic E-state index is 5.65. The predicted octanol–water partition coefficient (Wildman–Crippen LogP) is 3.60. The van der Waals surface area contributed by atoms with E-state index in [1.807, 2.05) is 23.3 Å². The topological polar surface area (TPSA) is 38.9 Å². The molecule has 2 nitrogen and oxygen atoms in total. The molecule has 1 aromatic rings. The van der Waals surface area contributed by atoms with Crippen LogP contribution >= 0.6 is 47.9 Å². The van der Waals surface area contributed by atoms with Gasteiger partial charge in [-0.3, -0.25) is 0 Å². The number of hydrogen-bond donors (Lipinski definition) is 1. The van der Waals surface area contributed by atoms with Crippen LogP contribution in [0.5, 0.6) is 0 Å². The monoisotopic (exact) mass is 288 g/mol. The molecule has 0 saturated heterocycles. The van der Waals surface area contributed by atoms with Gasteiger partial charge >= 0.3 is 0 Å². The van der Waals surface area contributed by atoms with Crippen LogP contribution < -0.4 is 5.73 Å². The lowest BCUT2D eigenvalue weighted by molar-refractivity contribution is 0.618. The van der Waals surface area contributed by atoms with Crippen LogP contribution in [0.2, 0.25) is 0 Å². The number of unbranched alkanes of at least 4 members (excludes halogenated alkanes) is 1. The second-order valence-electron chi connectivity index (χ2n) is 3.12. The third-order valence-electron chi connectivity index (χ3n) is 1.69. The molecular weight excluding hydrogens is 271 g/mol. The molecule has 0 aromatic carbocycles. The highest BCUT2D eigenvalue weighted by Crippen LogP contribution is 2.21. The number of aromatic nitrogens is 1. The molecule has 90 valence electrons. The molecule has 0 radical (unpaired) electrons. The van der Waals surface area contributed by atoms with E-state index in [2.05, 4.69) is 11.9 Å². The summed E-state index contributed by atoms with van der Waals surface area (Å²) in [5.74, 6) is 1.17. The highest BCUT2D eigenvalue weighted by Gasteiger charge is 1.97. The predicted molar refractivity (Wildman–Crippen MR) is 74.8 cm³/mol. The van der Waals surface area contributed by atoms with Crippen LogP contribution in [0.4, 0.5) is 0 Å². The van der Waals surface area contributed by atoms with Gasteiger partial charge in [0.2, 0.25) is 0 Å². The van der Waals surface area contributed by atoms with Gasteiger partial charge in [-0.05, 0) is 19.8 Å². The summed E-state index contributed by atoms with van der Waals surface area (Å²) in [5, 5.41) is 2.02. The molecule has 0 spiro atoms. The molecule has 6 heteroatoms. The molecule has 1 atom stereocenters. The van der Waals surface area contributed by atoms with Crippen molar-refractivity contribution in [3.8, 4) is 0 Å². The Morgan fingerprint density at radius 3 is 2.73 bits per heavy atom. The Morgan fingerprint density at radius 1 is 1.47 bits per heavy atom. The second kappa shape index (κ2) is 11.0. The molecule has 1 heterocycles. The zero-order valence-corrected chi connectivity index (χ0v) is 12.0. The summed E-state index contributed by atoms with van der Waals surface area (Å²) in [6.45, 7) is 2.06. The molecule has 1 rings (SSSR count). The second-order valence-corrected chi connectivity index (χ2v) is 5.36. The Balaban J connectivity index is 0. The minimum absolute atomic E-state index is 0. The number of halogens is 2. The molecule has 0 fully saturated rings. The summed E-state index contributed by atoms with van der Waals surface area (Å²) < 4.78 is 1.18. The summed E-state index contributed by atoms with van der Waals surface area (Å²) in [7, 11) is 0. The number of thiazole rings is 1. The molecule has 2 N–H and O–H groups in total. The van der Waals surface area contributed by atoms with Gasteiger partial charge in [0.05, 0.1) is 0 Å². The number of nitrogens with two attached hydrogens (primary N) is 1. The minimum atomic E-state index is 0. The van der Waals surface area contributed by atoms with Crippen molar-refractivity contribution in [3.63, 3.8) is 0 Å². The Kier molecular flexibility index (Phi) is 13.1. The summed E-state index contributed by atoms with van der Waals surface area (Å²) in [5.41, 5.74) is 5.65. The van der Waals surface area contributed by atoms with E-state index < -0.39 is 0 Å². The number of rotatable bonds is 6. The smallest absolute Gasteiger partial charge is 0.149 e. The Bertz CT molecular complexity index is 218. The van der Waals surface area contributed by atoms with Gasteiger partial charge in [0, 0.05) is 23.4 Å². The van der Waals surface area contributed by atoms with Crippen LogP contribution in [-0.2, 0) is 0 Å². The fourth-order valence-corrected chi connectivity index (χ4v) is 2.72. The van der Waals surface area contributed by atoms with Crippen LogP contribution in [0, 0.1) is 0 Å². The Morgan fingerprint density at radius 2 is 2.20 bits per heavy atom. The first kappa shape index (κ1) is 17.9. The quantitative estimate of drug-likeness (QED) is 0.642. The molecule has 0 aliphatic rings. The molecule has 0 unspecified atom stereocenters. The summed E-state index contributed by atoms with van der Waals surface area (Å²) in [6, 6.07) is 0.352. The van der Waals surface area contributed by atoms with Gasteiger partial charge in [-0.1, -0.05) is 18.2 Å². The average molecular weight is 289 g/mol. The van der Waals surface area contributed by atoms with E-state index in [1.54, 1.807) is 11.3 Å². The van der Waals surface area contributed by atoms with E-state index in [0.29, 0.717) is 6.04 Å². The highest BCUT2D eigenvalue weighted by atomic mass is 35.5. The summed E-state index contributed by atoms with van der Waals surface area (Å²) in [4.78, 5) is 4.21. The first-order chi connectivity index (χ1) is 6.29. The van der Waals surface area contributed by atoms with Crippen molar-refractivity contribution in [3.05, 3.63) is 11.6 Å². The minimum Gasteiger partial charge on any atom is -0.328 e. The van der Waals surface area contributed by atoms with Gasteiger partial charge in [-0.2, -0.15) is 0 Å². The van der Waals surface area contributed by atoms with Gasteiger partial charge < -0.3 is 5.73 Å². The maximum Gasteiger partial charge on any atom is 0.149 e. The zero-order valence-electron chi connectivity index (χ0n) is 8.72. The average Bonchev–Trinajstić information content (AvgIpc) is 2.55. The van der Waals surface area contributed by atoms with Crippen LogP contribution in [0.25, 0.3) is 0 Å². The van der Waals surface area contributed by atoms with Gasteiger partial charge in [0.1, 0.15) is 4.34 Å². The van der Waals surface area contributed by atoms with E-state index in [4.69, 9.17) is 5.73 Å². The van der Waals surface area contributed by atoms with E-state index in [0.717, 1.165) is 6.42 Å². The normalized spacial score (nSPS) is 11.3. The molecule has 0 amide bonds. The number of nitrogens with zero attached hydrogens (tertiary/aromatic N) is 1. The van der Waals surface area contributed by atoms with Crippen LogP contribution in [0.1, 0.15) is 26.2 Å². The van der Waals surface area contributed by atoms with E-state index >= 15 is 0 Å². The standard InChI is InChI=1S/C9H16N2S2.2ClH/c1-8(10)4-2-3-6-12-9-11-5-7-13-9;;/h5,7-8H,2-4,6,10H2,1H3;2*1H/t8-;;/m1../s1.